The molecule has 0 aliphatic heterocycles. The first-order valence-electron chi connectivity index (χ1n) is 8.45. The van der Waals surface area contributed by atoms with E-state index in [-0.39, 0.29) is 16.9 Å². The van der Waals surface area contributed by atoms with Crippen molar-refractivity contribution in [3.05, 3.63) is 33.4 Å². The monoisotopic (exact) mass is 315 g/mol. The van der Waals surface area contributed by atoms with Crippen molar-refractivity contribution in [2.75, 3.05) is 0 Å². The van der Waals surface area contributed by atoms with Crippen molar-refractivity contribution in [2.45, 2.75) is 51.4 Å². The first-order valence-corrected chi connectivity index (χ1v) is 8.45. The summed E-state index contributed by atoms with van der Waals surface area (Å²) in [4.78, 5) is 23.0. The van der Waals surface area contributed by atoms with E-state index in [9.17, 15) is 20.0 Å². The van der Waals surface area contributed by atoms with E-state index in [2.05, 4.69) is 6.92 Å². The van der Waals surface area contributed by atoms with Gasteiger partial charge in [-0.2, -0.15) is 0 Å². The van der Waals surface area contributed by atoms with Crippen LogP contribution in [-0.4, -0.2) is 15.8 Å². The molecule has 3 aliphatic rings. The normalized spacial score (nSPS) is 35.3. The van der Waals surface area contributed by atoms with E-state index in [0.29, 0.717) is 30.0 Å². The molecule has 3 aliphatic carbocycles. The zero-order chi connectivity index (χ0) is 16.4. The molecule has 23 heavy (non-hydrogen) atoms. The van der Waals surface area contributed by atoms with Crippen molar-refractivity contribution in [1.29, 1.82) is 0 Å². The van der Waals surface area contributed by atoms with Crippen LogP contribution in [0.4, 0.5) is 5.69 Å². The minimum Gasteiger partial charge on any atom is -0.502 e. The lowest BCUT2D eigenvalue weighted by Crippen LogP contribution is -2.42. The average molecular weight is 315 g/mol. The van der Waals surface area contributed by atoms with Gasteiger partial charge in [0.25, 0.3) is 0 Å². The van der Waals surface area contributed by atoms with E-state index in [1.165, 1.54) is 0 Å². The molecule has 4 atom stereocenters. The molecule has 4 rings (SSSR count). The summed E-state index contributed by atoms with van der Waals surface area (Å²) in [6.07, 6.45) is 5.30. The zero-order valence-corrected chi connectivity index (χ0v) is 13.2. The molecule has 122 valence electrons. The Labute approximate surface area is 134 Å². The van der Waals surface area contributed by atoms with Crippen molar-refractivity contribution < 1.29 is 14.8 Å². The third kappa shape index (κ3) is 1.95. The number of phenols is 1. The van der Waals surface area contributed by atoms with Gasteiger partial charge in [0, 0.05) is 17.9 Å². The van der Waals surface area contributed by atoms with Gasteiger partial charge < -0.3 is 5.11 Å². The smallest absolute Gasteiger partial charge is 0.310 e. The number of ketones is 1. The second kappa shape index (κ2) is 4.79. The Morgan fingerprint density at radius 1 is 1.26 bits per heavy atom. The second-order valence-electron chi connectivity index (χ2n) is 7.63. The van der Waals surface area contributed by atoms with E-state index in [1.807, 2.05) is 0 Å². The molecule has 5 nitrogen and oxygen atoms in total. The van der Waals surface area contributed by atoms with E-state index < -0.39 is 4.92 Å². The number of fused-ring (bicyclic) bond motifs is 5. The van der Waals surface area contributed by atoms with Gasteiger partial charge in [-0.1, -0.05) is 6.92 Å². The van der Waals surface area contributed by atoms with Gasteiger partial charge >= 0.3 is 5.69 Å². The summed E-state index contributed by atoms with van der Waals surface area (Å²) in [6.45, 7) is 2.12. The Kier molecular flexibility index (Phi) is 3.06. The van der Waals surface area contributed by atoms with Crippen LogP contribution >= 0.6 is 0 Å². The van der Waals surface area contributed by atoms with Crippen LogP contribution in [0.15, 0.2) is 12.1 Å². The number of nitro benzene ring substituents is 1. The van der Waals surface area contributed by atoms with E-state index in [0.717, 1.165) is 43.2 Å². The maximum absolute atomic E-state index is 12.3. The number of rotatable bonds is 1. The number of aryl methyl sites for hydroxylation is 1. The van der Waals surface area contributed by atoms with Gasteiger partial charge in [-0.25, -0.2) is 0 Å². The van der Waals surface area contributed by atoms with Crippen LogP contribution in [0.2, 0.25) is 0 Å². The van der Waals surface area contributed by atoms with Crippen molar-refractivity contribution in [3.8, 4) is 5.75 Å². The lowest BCUT2D eigenvalue weighted by atomic mass is 9.55. The predicted octanol–water partition coefficient (Wildman–Crippen LogP) is 3.73. The summed E-state index contributed by atoms with van der Waals surface area (Å²) >= 11 is 0. The minimum absolute atomic E-state index is 0.179. The highest BCUT2D eigenvalue weighted by Crippen LogP contribution is 2.60. The summed E-state index contributed by atoms with van der Waals surface area (Å²) in [7, 11) is 0. The third-order valence-corrected chi connectivity index (χ3v) is 6.73. The van der Waals surface area contributed by atoms with Gasteiger partial charge in [-0.3, -0.25) is 14.9 Å². The lowest BCUT2D eigenvalue weighted by Gasteiger charge is -2.48. The molecule has 0 radical (unpaired) electrons. The summed E-state index contributed by atoms with van der Waals surface area (Å²) in [5.74, 6) is 1.32. The van der Waals surface area contributed by atoms with Crippen LogP contribution in [0.5, 0.6) is 5.75 Å². The minimum atomic E-state index is -0.509. The SMILES string of the molecule is C[C@]12CC[C@@H]3c4cc([N+](=O)[O-])c(O)cc4CC[C@@H]3[C@@H]1CCC2=O. The second-order valence-corrected chi connectivity index (χ2v) is 7.63. The average Bonchev–Trinajstić information content (AvgIpc) is 2.81. The Bertz CT molecular complexity index is 713. The maximum Gasteiger partial charge on any atom is 0.310 e. The summed E-state index contributed by atoms with van der Waals surface area (Å²) in [5.41, 5.74) is 1.70. The van der Waals surface area contributed by atoms with Gasteiger partial charge in [0.1, 0.15) is 5.78 Å². The Hall–Kier alpha value is -1.91. The van der Waals surface area contributed by atoms with Crippen molar-refractivity contribution in [1.82, 2.24) is 0 Å². The fraction of sp³-hybridized carbons (Fsp3) is 0.611. The van der Waals surface area contributed by atoms with Crippen molar-refractivity contribution in [2.24, 2.45) is 17.3 Å². The molecule has 0 heterocycles. The molecule has 0 bridgehead atoms. The molecular formula is C18H21NO4. The first-order chi connectivity index (χ1) is 10.9. The quantitative estimate of drug-likeness (QED) is 0.632. The number of hydrogen-bond donors (Lipinski definition) is 1. The number of nitro groups is 1. The number of carbonyl (C=O) groups is 1. The van der Waals surface area contributed by atoms with Crippen LogP contribution < -0.4 is 0 Å². The number of nitrogens with zero attached hydrogens (tertiary/aromatic N) is 1. The molecule has 1 aromatic carbocycles. The van der Waals surface area contributed by atoms with Gasteiger partial charge in [0.2, 0.25) is 0 Å². The standard InChI is InChI=1S/C18H21NO4/c1-18-7-6-11-12(14(18)4-5-17(18)21)3-2-10-8-16(20)15(19(22)23)9-13(10)11/h8-9,11-12,14,20H,2-7H2,1H3/t11-,12-,14-,18-/m0/s1. The van der Waals surface area contributed by atoms with Crippen LogP contribution in [0.25, 0.3) is 0 Å². The van der Waals surface area contributed by atoms with E-state index in [1.54, 1.807) is 12.1 Å². The fourth-order valence-electron chi connectivity index (χ4n) is 5.51. The number of Topliss-reactive ketones (excluding diaryl/α,β-unsaturated/α-hetero) is 1. The first kappa shape index (κ1) is 14.7. The molecule has 2 saturated carbocycles. The lowest BCUT2D eigenvalue weighted by molar-refractivity contribution is -0.386. The summed E-state index contributed by atoms with van der Waals surface area (Å²) < 4.78 is 0. The van der Waals surface area contributed by atoms with Crippen molar-refractivity contribution >= 4 is 11.5 Å². The molecule has 5 heteroatoms. The number of hydrogen-bond acceptors (Lipinski definition) is 4. The molecule has 1 N–H and O–H groups in total. The van der Waals surface area contributed by atoms with Gasteiger partial charge in [0.15, 0.2) is 5.75 Å². The number of aromatic hydroxyl groups is 1. The topological polar surface area (TPSA) is 80.4 Å². The van der Waals surface area contributed by atoms with Crippen LogP contribution in [0.3, 0.4) is 0 Å². The van der Waals surface area contributed by atoms with E-state index >= 15 is 0 Å². The highest BCUT2D eigenvalue weighted by atomic mass is 16.6. The predicted molar refractivity (Wildman–Crippen MR) is 84.4 cm³/mol. The molecule has 0 unspecified atom stereocenters. The molecule has 1 aromatic rings. The maximum atomic E-state index is 12.3. The molecular weight excluding hydrogens is 294 g/mol. The Balaban J connectivity index is 1.76. The van der Waals surface area contributed by atoms with Gasteiger partial charge in [-0.15, -0.1) is 0 Å². The summed E-state index contributed by atoms with van der Waals surface area (Å²) in [6, 6.07) is 3.16. The van der Waals surface area contributed by atoms with Gasteiger partial charge in [0.05, 0.1) is 4.92 Å². The Morgan fingerprint density at radius 3 is 2.78 bits per heavy atom. The van der Waals surface area contributed by atoms with Gasteiger partial charge in [-0.05, 0) is 67.1 Å². The molecule has 2 fully saturated rings. The largest absolute Gasteiger partial charge is 0.502 e. The van der Waals surface area contributed by atoms with Crippen molar-refractivity contribution in [3.63, 3.8) is 0 Å². The van der Waals surface area contributed by atoms with Crippen LogP contribution in [0, 0.1) is 27.4 Å². The highest BCUT2D eigenvalue weighted by Gasteiger charge is 2.54. The highest BCUT2D eigenvalue weighted by molar-refractivity contribution is 5.87. The van der Waals surface area contributed by atoms with Crippen LogP contribution in [0.1, 0.15) is 56.1 Å². The van der Waals surface area contributed by atoms with E-state index in [4.69, 9.17) is 0 Å². The Morgan fingerprint density at radius 2 is 2.04 bits per heavy atom. The zero-order valence-electron chi connectivity index (χ0n) is 13.2. The molecule has 0 amide bonds. The number of phenolic OH excluding ortho intramolecular Hbond substituents is 1. The third-order valence-electron chi connectivity index (χ3n) is 6.73. The number of benzene rings is 1. The fourth-order valence-corrected chi connectivity index (χ4v) is 5.51. The number of carbonyl (C=O) groups excluding carboxylic acids is 1. The van der Waals surface area contributed by atoms with Crippen LogP contribution in [-0.2, 0) is 11.2 Å². The molecule has 0 aromatic heterocycles. The summed E-state index contributed by atoms with van der Waals surface area (Å²) in [5, 5.41) is 21.0. The molecule has 0 spiro atoms. The molecule has 0 saturated heterocycles.